The summed E-state index contributed by atoms with van der Waals surface area (Å²) in [5.74, 6) is 0.979. The molecule has 0 radical (unpaired) electrons. The predicted octanol–water partition coefficient (Wildman–Crippen LogP) is 4.22. The topological polar surface area (TPSA) is 84.7 Å². The summed E-state index contributed by atoms with van der Waals surface area (Å²) in [4.78, 5) is 13.3. The third-order valence-electron chi connectivity index (χ3n) is 4.36. The Morgan fingerprint density at radius 3 is 2.46 bits per heavy atom. The minimum Gasteiger partial charge on any atom is -0.492 e. The van der Waals surface area contributed by atoms with Gasteiger partial charge in [0, 0.05) is 6.42 Å². The summed E-state index contributed by atoms with van der Waals surface area (Å²) < 4.78 is 16.6. The molecular weight excluding hydrogens is 358 g/mol. The van der Waals surface area contributed by atoms with Crippen LogP contribution in [0, 0.1) is 0 Å². The van der Waals surface area contributed by atoms with Gasteiger partial charge < -0.3 is 19.0 Å². The third kappa shape index (κ3) is 5.42. The predicted molar refractivity (Wildman–Crippen MR) is 106 cm³/mol. The highest BCUT2D eigenvalue weighted by Crippen LogP contribution is 2.30. The summed E-state index contributed by atoms with van der Waals surface area (Å²) in [5.41, 5.74) is 2.25. The lowest BCUT2D eigenvalue weighted by atomic mass is 10.1. The average molecular weight is 383 g/mol. The van der Waals surface area contributed by atoms with E-state index >= 15 is 0 Å². The largest absolute Gasteiger partial charge is 0.492 e. The molecule has 1 aromatic heterocycles. The van der Waals surface area contributed by atoms with Crippen molar-refractivity contribution in [3.63, 3.8) is 0 Å². The average Bonchev–Trinajstić information content (AvgIpc) is 3.02. The molecule has 1 heterocycles. The molecule has 0 amide bonds. The molecule has 3 aromatic rings. The van der Waals surface area contributed by atoms with E-state index in [1.807, 2.05) is 55.5 Å². The van der Waals surface area contributed by atoms with Crippen LogP contribution in [0.25, 0.3) is 0 Å². The van der Waals surface area contributed by atoms with Gasteiger partial charge in [0.05, 0.1) is 6.61 Å². The first-order chi connectivity index (χ1) is 13.7. The Kier molecular flexibility index (Phi) is 6.78. The molecule has 0 saturated carbocycles. The van der Waals surface area contributed by atoms with Gasteiger partial charge in [-0.1, -0.05) is 36.4 Å². The van der Waals surface area contributed by atoms with E-state index in [-0.39, 0.29) is 5.88 Å². The molecule has 6 heteroatoms. The number of hydrogen-bond acceptors (Lipinski definition) is 5. The molecule has 0 saturated heterocycles. The molecule has 0 unspecified atom stereocenters. The van der Waals surface area contributed by atoms with Crippen LogP contribution in [0.1, 0.15) is 36.7 Å². The van der Waals surface area contributed by atoms with Crippen LogP contribution in [0.4, 0.5) is 0 Å². The maximum Gasteiger partial charge on any atom is 0.419 e. The molecule has 2 aromatic carbocycles. The van der Waals surface area contributed by atoms with E-state index in [1.165, 1.54) is 0 Å². The fourth-order valence-electron chi connectivity index (χ4n) is 2.97. The molecule has 2 N–H and O–H groups in total. The minimum absolute atomic E-state index is 0.177. The third-order valence-corrected chi connectivity index (χ3v) is 4.36. The van der Waals surface area contributed by atoms with E-state index in [4.69, 9.17) is 13.9 Å². The van der Waals surface area contributed by atoms with Crippen molar-refractivity contribution < 1.29 is 19.0 Å². The second kappa shape index (κ2) is 9.69. The second-order valence-corrected chi connectivity index (χ2v) is 6.48. The number of ether oxygens (including phenoxy) is 2. The van der Waals surface area contributed by atoms with E-state index in [1.54, 1.807) is 0 Å². The normalized spacial score (nSPS) is 10.8. The number of unbranched alkanes of at least 4 members (excludes halogenated alkanes) is 1. The van der Waals surface area contributed by atoms with E-state index in [0.29, 0.717) is 25.4 Å². The standard InChI is InChI=1S/C22H25NO5/c1-2-26-20-14-16(8-6-7-11-19-21(24)23-22(25)28-19)12-13-18(20)27-15-17-9-4-3-5-10-17/h3-5,9-10,12-14,24H,2,6-8,11,15H2,1H3,(H,23,25). The monoisotopic (exact) mass is 383 g/mol. The Balaban J connectivity index is 1.55. The SMILES string of the molecule is CCOc1cc(CCCCc2oc(=O)[nH]c2O)ccc1OCc1ccccc1. The Bertz CT molecular complexity index is 930. The number of aromatic nitrogens is 1. The van der Waals surface area contributed by atoms with Gasteiger partial charge in [-0.15, -0.1) is 0 Å². The van der Waals surface area contributed by atoms with Gasteiger partial charge in [-0.25, -0.2) is 4.79 Å². The summed E-state index contributed by atoms with van der Waals surface area (Å²) in [6.45, 7) is 3.01. The fraction of sp³-hybridized carbons (Fsp3) is 0.318. The van der Waals surface area contributed by atoms with Crippen molar-refractivity contribution >= 4 is 0 Å². The summed E-state index contributed by atoms with van der Waals surface area (Å²) >= 11 is 0. The molecule has 0 fully saturated rings. The van der Waals surface area contributed by atoms with Crippen LogP contribution >= 0.6 is 0 Å². The molecule has 3 rings (SSSR count). The fourth-order valence-corrected chi connectivity index (χ4v) is 2.97. The quantitative estimate of drug-likeness (QED) is 0.512. The Labute approximate surface area is 163 Å². The van der Waals surface area contributed by atoms with Gasteiger partial charge in [-0.2, -0.15) is 0 Å². The van der Waals surface area contributed by atoms with Crippen molar-refractivity contribution in [3.05, 3.63) is 76.0 Å². The van der Waals surface area contributed by atoms with Crippen molar-refractivity contribution in [2.24, 2.45) is 0 Å². The zero-order chi connectivity index (χ0) is 19.8. The number of H-pyrrole nitrogens is 1. The van der Waals surface area contributed by atoms with Gasteiger partial charge in [-0.3, -0.25) is 4.98 Å². The van der Waals surface area contributed by atoms with Crippen LogP contribution in [0.5, 0.6) is 17.4 Å². The maximum absolute atomic E-state index is 11.0. The summed E-state index contributed by atoms with van der Waals surface area (Å²) in [6.07, 6.45) is 3.06. The van der Waals surface area contributed by atoms with E-state index in [9.17, 15) is 9.90 Å². The highest BCUT2D eigenvalue weighted by atomic mass is 16.5. The number of aromatic amines is 1. The van der Waals surface area contributed by atoms with Crippen molar-refractivity contribution in [2.45, 2.75) is 39.2 Å². The highest BCUT2D eigenvalue weighted by Gasteiger charge is 2.09. The van der Waals surface area contributed by atoms with E-state index in [2.05, 4.69) is 4.98 Å². The van der Waals surface area contributed by atoms with Gasteiger partial charge in [0.2, 0.25) is 5.88 Å². The molecule has 0 bridgehead atoms. The van der Waals surface area contributed by atoms with Crippen molar-refractivity contribution in [1.29, 1.82) is 0 Å². The van der Waals surface area contributed by atoms with Gasteiger partial charge >= 0.3 is 5.76 Å². The lowest BCUT2D eigenvalue weighted by molar-refractivity contribution is 0.269. The number of rotatable bonds is 10. The van der Waals surface area contributed by atoms with Crippen molar-refractivity contribution in [1.82, 2.24) is 4.98 Å². The first-order valence-electron chi connectivity index (χ1n) is 9.49. The van der Waals surface area contributed by atoms with Gasteiger partial charge in [0.25, 0.3) is 0 Å². The number of nitrogens with one attached hydrogen (secondary N) is 1. The van der Waals surface area contributed by atoms with Crippen LogP contribution in [0.15, 0.2) is 57.7 Å². The molecule has 28 heavy (non-hydrogen) atoms. The van der Waals surface area contributed by atoms with Gasteiger partial charge in [-0.05, 0) is 49.4 Å². The first-order valence-corrected chi connectivity index (χ1v) is 9.49. The molecule has 0 aliphatic carbocycles. The lowest BCUT2D eigenvalue weighted by Crippen LogP contribution is -2.00. The summed E-state index contributed by atoms with van der Waals surface area (Å²) in [6, 6.07) is 16.0. The Morgan fingerprint density at radius 1 is 0.964 bits per heavy atom. The number of aromatic hydroxyl groups is 1. The second-order valence-electron chi connectivity index (χ2n) is 6.48. The summed E-state index contributed by atoms with van der Waals surface area (Å²) in [7, 11) is 0. The van der Waals surface area contributed by atoms with Crippen molar-refractivity contribution in [3.8, 4) is 17.4 Å². The van der Waals surface area contributed by atoms with Crippen LogP contribution < -0.4 is 15.2 Å². The van der Waals surface area contributed by atoms with E-state index < -0.39 is 5.76 Å². The number of aryl methyl sites for hydroxylation is 2. The number of oxazole rings is 1. The van der Waals surface area contributed by atoms with Gasteiger partial charge in [0.1, 0.15) is 6.61 Å². The molecular formula is C22H25NO5. The molecule has 0 aliphatic rings. The molecule has 0 spiro atoms. The molecule has 0 atom stereocenters. The Morgan fingerprint density at radius 2 is 1.75 bits per heavy atom. The molecule has 6 nitrogen and oxygen atoms in total. The van der Waals surface area contributed by atoms with Crippen LogP contribution in [0.3, 0.4) is 0 Å². The zero-order valence-electron chi connectivity index (χ0n) is 15.9. The maximum atomic E-state index is 11.0. The van der Waals surface area contributed by atoms with Crippen LogP contribution in [0.2, 0.25) is 0 Å². The lowest BCUT2D eigenvalue weighted by Gasteiger charge is -2.13. The van der Waals surface area contributed by atoms with E-state index in [0.717, 1.165) is 41.9 Å². The number of benzene rings is 2. The van der Waals surface area contributed by atoms with Crippen molar-refractivity contribution in [2.75, 3.05) is 6.61 Å². The van der Waals surface area contributed by atoms with Gasteiger partial charge in [0.15, 0.2) is 17.3 Å². The molecule has 0 aliphatic heterocycles. The first kappa shape index (κ1) is 19.6. The molecule has 148 valence electrons. The summed E-state index contributed by atoms with van der Waals surface area (Å²) in [5, 5.41) is 9.53. The van der Waals surface area contributed by atoms with Crippen LogP contribution in [-0.4, -0.2) is 16.7 Å². The van der Waals surface area contributed by atoms with Crippen LogP contribution in [-0.2, 0) is 19.4 Å². The highest BCUT2D eigenvalue weighted by molar-refractivity contribution is 5.43. The number of hydrogen-bond donors (Lipinski definition) is 2. The Hall–Kier alpha value is -3.15. The minimum atomic E-state index is -0.625. The smallest absolute Gasteiger partial charge is 0.419 e. The zero-order valence-corrected chi connectivity index (χ0v) is 15.9.